The number of phenolic OH excluding ortho intramolecular Hbond substituents is 2. The van der Waals surface area contributed by atoms with Gasteiger partial charge in [0.05, 0.1) is 6.67 Å². The van der Waals surface area contributed by atoms with E-state index in [1.807, 2.05) is 20.8 Å². The summed E-state index contributed by atoms with van der Waals surface area (Å²) in [5.41, 5.74) is 3.08. The SMILES string of the molecule is Cc1c(C)c(O)c(CCCCCCF)c(C)c1O. The highest BCUT2D eigenvalue weighted by Gasteiger charge is 2.15. The van der Waals surface area contributed by atoms with Gasteiger partial charge in [-0.25, -0.2) is 0 Å². The highest BCUT2D eigenvalue weighted by molar-refractivity contribution is 5.56. The predicted molar refractivity (Wildman–Crippen MR) is 72.1 cm³/mol. The minimum absolute atomic E-state index is 0.255. The van der Waals surface area contributed by atoms with Crippen LogP contribution in [-0.2, 0) is 6.42 Å². The van der Waals surface area contributed by atoms with Crippen molar-refractivity contribution in [2.45, 2.75) is 52.9 Å². The first kappa shape index (κ1) is 14.8. The molecule has 2 N–H and O–H groups in total. The van der Waals surface area contributed by atoms with Gasteiger partial charge in [0.15, 0.2) is 0 Å². The lowest BCUT2D eigenvalue weighted by atomic mass is 9.94. The second kappa shape index (κ2) is 6.62. The molecule has 0 aromatic heterocycles. The van der Waals surface area contributed by atoms with Crippen LogP contribution < -0.4 is 0 Å². The van der Waals surface area contributed by atoms with E-state index in [1.165, 1.54) is 0 Å². The van der Waals surface area contributed by atoms with Gasteiger partial charge in [-0.05, 0) is 56.7 Å². The first-order chi connectivity index (χ1) is 8.50. The van der Waals surface area contributed by atoms with Gasteiger partial charge in [0.25, 0.3) is 0 Å². The van der Waals surface area contributed by atoms with Crippen LogP contribution in [0.25, 0.3) is 0 Å². The van der Waals surface area contributed by atoms with Gasteiger partial charge in [-0.15, -0.1) is 0 Å². The molecule has 0 aliphatic heterocycles. The zero-order chi connectivity index (χ0) is 13.7. The number of aromatic hydroxyl groups is 2. The fourth-order valence-electron chi connectivity index (χ4n) is 2.24. The maximum absolute atomic E-state index is 11.9. The molecule has 1 aromatic carbocycles. The Bertz CT molecular complexity index is 384. The van der Waals surface area contributed by atoms with Gasteiger partial charge in [-0.1, -0.05) is 12.8 Å². The number of hydrogen-bond acceptors (Lipinski definition) is 2. The van der Waals surface area contributed by atoms with Crippen LogP contribution in [0.1, 0.15) is 47.9 Å². The molecule has 1 aromatic rings. The molecule has 0 fully saturated rings. The number of unbranched alkanes of at least 4 members (excludes halogenated alkanes) is 3. The molecule has 18 heavy (non-hydrogen) atoms. The van der Waals surface area contributed by atoms with Crippen LogP contribution in [0.4, 0.5) is 4.39 Å². The van der Waals surface area contributed by atoms with E-state index in [4.69, 9.17) is 0 Å². The number of alkyl halides is 1. The van der Waals surface area contributed by atoms with Crippen molar-refractivity contribution in [3.05, 3.63) is 22.3 Å². The van der Waals surface area contributed by atoms with E-state index < -0.39 is 0 Å². The monoisotopic (exact) mass is 254 g/mol. The third-order valence-corrected chi connectivity index (χ3v) is 3.68. The number of rotatable bonds is 6. The Hall–Kier alpha value is -1.25. The first-order valence-corrected chi connectivity index (χ1v) is 6.57. The van der Waals surface area contributed by atoms with E-state index in [9.17, 15) is 14.6 Å². The molecule has 0 aliphatic rings. The van der Waals surface area contributed by atoms with E-state index in [0.717, 1.165) is 47.9 Å². The topological polar surface area (TPSA) is 40.5 Å². The average Bonchev–Trinajstić information content (AvgIpc) is 2.37. The molecule has 0 heterocycles. The molecule has 0 atom stereocenters. The summed E-state index contributed by atoms with van der Waals surface area (Å²) in [6, 6.07) is 0. The smallest absolute Gasteiger partial charge is 0.122 e. The summed E-state index contributed by atoms with van der Waals surface area (Å²) < 4.78 is 11.9. The minimum atomic E-state index is -0.255. The van der Waals surface area contributed by atoms with Crippen LogP contribution in [0.15, 0.2) is 0 Å². The zero-order valence-electron chi connectivity index (χ0n) is 11.5. The van der Waals surface area contributed by atoms with E-state index in [2.05, 4.69) is 0 Å². The van der Waals surface area contributed by atoms with Gasteiger partial charge in [-0.3, -0.25) is 4.39 Å². The number of halogens is 1. The molecule has 0 aliphatic carbocycles. The lowest BCUT2D eigenvalue weighted by Gasteiger charge is -2.15. The molecule has 0 spiro atoms. The van der Waals surface area contributed by atoms with E-state index in [-0.39, 0.29) is 12.4 Å². The maximum Gasteiger partial charge on any atom is 0.122 e. The second-order valence-electron chi connectivity index (χ2n) is 4.90. The van der Waals surface area contributed by atoms with Gasteiger partial charge >= 0.3 is 0 Å². The standard InChI is InChI=1S/C15H23FO2/c1-10-11(2)15(18)13(12(3)14(10)17)8-6-4-5-7-9-16/h17-18H,4-9H2,1-3H3. The van der Waals surface area contributed by atoms with Gasteiger partial charge < -0.3 is 10.2 Å². The molecular weight excluding hydrogens is 231 g/mol. The molecule has 0 amide bonds. The quantitative estimate of drug-likeness (QED) is 0.593. The molecule has 0 radical (unpaired) electrons. The molecule has 0 saturated carbocycles. The zero-order valence-corrected chi connectivity index (χ0v) is 11.5. The Labute approximate surface area is 108 Å². The van der Waals surface area contributed by atoms with E-state index in [1.54, 1.807) is 0 Å². The average molecular weight is 254 g/mol. The van der Waals surface area contributed by atoms with Gasteiger partial charge in [-0.2, -0.15) is 0 Å². The molecule has 0 unspecified atom stereocenters. The number of hydrogen-bond donors (Lipinski definition) is 2. The number of phenols is 2. The van der Waals surface area contributed by atoms with Gasteiger partial charge in [0.1, 0.15) is 11.5 Å². The van der Waals surface area contributed by atoms with Gasteiger partial charge in [0.2, 0.25) is 0 Å². The summed E-state index contributed by atoms with van der Waals surface area (Å²) in [6.07, 6.45) is 4.10. The Morgan fingerprint density at radius 1 is 0.778 bits per heavy atom. The summed E-state index contributed by atoms with van der Waals surface area (Å²) in [7, 11) is 0. The van der Waals surface area contributed by atoms with Crippen LogP contribution in [-0.4, -0.2) is 16.9 Å². The molecule has 3 heteroatoms. The van der Waals surface area contributed by atoms with Crippen LogP contribution in [0, 0.1) is 20.8 Å². The summed E-state index contributed by atoms with van der Waals surface area (Å²) in [6.45, 7) is 5.20. The predicted octanol–water partition coefficient (Wildman–Crippen LogP) is 4.10. The van der Waals surface area contributed by atoms with Gasteiger partial charge in [0, 0.05) is 5.56 Å². The third kappa shape index (κ3) is 3.15. The maximum atomic E-state index is 11.9. The normalized spacial score (nSPS) is 10.9. The molecule has 2 nitrogen and oxygen atoms in total. The Balaban J connectivity index is 2.77. The molecule has 0 saturated heterocycles. The fraction of sp³-hybridized carbons (Fsp3) is 0.600. The first-order valence-electron chi connectivity index (χ1n) is 6.57. The van der Waals surface area contributed by atoms with Crippen molar-refractivity contribution in [3.8, 4) is 11.5 Å². The summed E-state index contributed by atoms with van der Waals surface area (Å²) in [4.78, 5) is 0. The van der Waals surface area contributed by atoms with Crippen LogP contribution in [0.5, 0.6) is 11.5 Å². The highest BCUT2D eigenvalue weighted by Crippen LogP contribution is 2.36. The van der Waals surface area contributed by atoms with Crippen LogP contribution in [0.2, 0.25) is 0 Å². The van der Waals surface area contributed by atoms with Crippen molar-refractivity contribution >= 4 is 0 Å². The number of benzene rings is 1. The summed E-state index contributed by atoms with van der Waals surface area (Å²) >= 11 is 0. The van der Waals surface area contributed by atoms with Crippen LogP contribution in [0.3, 0.4) is 0 Å². The molecule has 102 valence electrons. The van der Waals surface area contributed by atoms with Crippen molar-refractivity contribution < 1.29 is 14.6 Å². The molecular formula is C15H23FO2. The van der Waals surface area contributed by atoms with Crippen molar-refractivity contribution in [1.29, 1.82) is 0 Å². The molecule has 1 rings (SSSR count). The minimum Gasteiger partial charge on any atom is -0.507 e. The largest absolute Gasteiger partial charge is 0.507 e. The fourth-order valence-corrected chi connectivity index (χ4v) is 2.24. The summed E-state index contributed by atoms with van der Waals surface area (Å²) in [5, 5.41) is 20.1. The molecule has 0 bridgehead atoms. The van der Waals surface area contributed by atoms with Crippen molar-refractivity contribution in [1.82, 2.24) is 0 Å². The Morgan fingerprint density at radius 2 is 1.33 bits per heavy atom. The Morgan fingerprint density at radius 3 is 1.94 bits per heavy atom. The van der Waals surface area contributed by atoms with E-state index in [0.29, 0.717) is 12.2 Å². The third-order valence-electron chi connectivity index (χ3n) is 3.68. The van der Waals surface area contributed by atoms with E-state index >= 15 is 0 Å². The summed E-state index contributed by atoms with van der Waals surface area (Å²) in [5.74, 6) is 0.581. The Kier molecular flexibility index (Phi) is 5.45. The lowest BCUT2D eigenvalue weighted by Crippen LogP contribution is -1.97. The van der Waals surface area contributed by atoms with Crippen LogP contribution >= 0.6 is 0 Å². The van der Waals surface area contributed by atoms with Crippen molar-refractivity contribution in [2.75, 3.05) is 6.67 Å². The highest BCUT2D eigenvalue weighted by atomic mass is 19.1. The van der Waals surface area contributed by atoms with Crippen molar-refractivity contribution in [2.24, 2.45) is 0 Å². The van der Waals surface area contributed by atoms with Crippen molar-refractivity contribution in [3.63, 3.8) is 0 Å². The lowest BCUT2D eigenvalue weighted by molar-refractivity contribution is 0.438. The second-order valence-corrected chi connectivity index (χ2v) is 4.90.